The number of carbonyl (C=O) groups is 2. The number of hydrazine groups is 1. The van der Waals surface area contributed by atoms with E-state index >= 15 is 0 Å². The van der Waals surface area contributed by atoms with Crippen LogP contribution < -0.4 is 5.84 Å². The van der Waals surface area contributed by atoms with Crippen molar-refractivity contribution in [2.75, 3.05) is 13.6 Å². The number of likely N-dealkylation sites (tertiary alicyclic amines) is 1. The Morgan fingerprint density at radius 2 is 2.38 bits per heavy atom. The highest BCUT2D eigenvalue weighted by molar-refractivity contribution is 5.85. The third-order valence-electron chi connectivity index (χ3n) is 2.19. The van der Waals surface area contributed by atoms with Gasteiger partial charge in [-0.2, -0.15) is 0 Å². The van der Waals surface area contributed by atoms with Gasteiger partial charge >= 0.3 is 6.09 Å². The lowest BCUT2D eigenvalue weighted by Crippen LogP contribution is -2.55. The molecule has 6 nitrogen and oxygen atoms in total. The minimum Gasteiger partial charge on any atom is -0.464 e. The number of rotatable bonds is 1. The van der Waals surface area contributed by atoms with Gasteiger partial charge in [0.2, 0.25) is 5.91 Å². The van der Waals surface area contributed by atoms with Crippen LogP contribution in [0.5, 0.6) is 0 Å². The van der Waals surface area contributed by atoms with Gasteiger partial charge in [-0.3, -0.25) is 4.79 Å². The van der Waals surface area contributed by atoms with Crippen molar-refractivity contribution in [2.24, 2.45) is 5.84 Å². The van der Waals surface area contributed by atoms with Gasteiger partial charge in [0.15, 0.2) is 0 Å². The number of piperidine rings is 1. The Morgan fingerprint density at radius 3 is 2.92 bits per heavy atom. The first-order valence-corrected chi connectivity index (χ1v) is 4.06. The molecule has 0 aromatic heterocycles. The monoisotopic (exact) mass is 187 g/mol. The highest BCUT2D eigenvalue weighted by atomic mass is 16.4. The van der Waals surface area contributed by atoms with Crippen molar-refractivity contribution in [2.45, 2.75) is 18.9 Å². The van der Waals surface area contributed by atoms with Crippen LogP contribution in [0.2, 0.25) is 0 Å². The molecule has 1 aliphatic heterocycles. The number of hydrogen-bond donors (Lipinski definition) is 2. The zero-order valence-corrected chi connectivity index (χ0v) is 7.43. The molecule has 1 atom stereocenters. The van der Waals surface area contributed by atoms with Crippen LogP contribution in [0, 0.1) is 0 Å². The van der Waals surface area contributed by atoms with Gasteiger partial charge in [0, 0.05) is 13.6 Å². The van der Waals surface area contributed by atoms with E-state index in [1.807, 2.05) is 0 Å². The van der Waals surface area contributed by atoms with Crippen LogP contribution in [0.3, 0.4) is 0 Å². The van der Waals surface area contributed by atoms with Gasteiger partial charge < -0.3 is 10.0 Å². The van der Waals surface area contributed by atoms with Crippen molar-refractivity contribution in [1.29, 1.82) is 0 Å². The molecule has 0 aromatic carbocycles. The molecule has 0 unspecified atom stereocenters. The van der Waals surface area contributed by atoms with Crippen LogP contribution in [-0.2, 0) is 4.79 Å². The molecule has 1 saturated heterocycles. The van der Waals surface area contributed by atoms with Gasteiger partial charge in [0.1, 0.15) is 6.04 Å². The van der Waals surface area contributed by atoms with E-state index in [-0.39, 0.29) is 5.91 Å². The number of nitrogens with zero attached hydrogens (tertiary/aromatic N) is 2. The topological polar surface area (TPSA) is 86.9 Å². The van der Waals surface area contributed by atoms with E-state index in [1.54, 1.807) is 7.05 Å². The predicted molar refractivity (Wildman–Crippen MR) is 44.7 cm³/mol. The molecule has 1 heterocycles. The van der Waals surface area contributed by atoms with E-state index < -0.39 is 12.1 Å². The smallest absolute Gasteiger partial charge is 0.422 e. The summed E-state index contributed by atoms with van der Waals surface area (Å²) in [6.07, 6.45) is 0.0218. The van der Waals surface area contributed by atoms with E-state index in [2.05, 4.69) is 0 Å². The standard InChI is InChI=1S/C7H13N3O3/c1-9-4-2-3-5(6(9)11)10(8)7(12)13/h5H,2-4,8H2,1H3,(H,12,13)/t5-/m1/s1. The molecule has 1 rings (SSSR count). The van der Waals surface area contributed by atoms with E-state index in [1.165, 1.54) is 4.90 Å². The molecule has 1 fully saturated rings. The second kappa shape index (κ2) is 3.61. The van der Waals surface area contributed by atoms with Crippen LogP contribution >= 0.6 is 0 Å². The van der Waals surface area contributed by atoms with Gasteiger partial charge in [-0.15, -0.1) is 0 Å². The molecule has 1 aliphatic rings. The minimum absolute atomic E-state index is 0.226. The molecule has 0 bridgehead atoms. The lowest BCUT2D eigenvalue weighted by atomic mass is 10.1. The molecule has 6 heteroatoms. The third kappa shape index (κ3) is 1.89. The summed E-state index contributed by atoms with van der Waals surface area (Å²) in [7, 11) is 1.64. The normalized spacial score (nSPS) is 23.1. The molecule has 2 amide bonds. The third-order valence-corrected chi connectivity index (χ3v) is 2.19. The quantitative estimate of drug-likeness (QED) is 0.328. The Morgan fingerprint density at radius 1 is 1.77 bits per heavy atom. The summed E-state index contributed by atoms with van der Waals surface area (Å²) < 4.78 is 0. The van der Waals surface area contributed by atoms with Gasteiger partial charge in [-0.05, 0) is 12.8 Å². The molecular formula is C7H13N3O3. The second-order valence-electron chi connectivity index (χ2n) is 3.11. The Kier molecular flexibility index (Phi) is 2.72. The number of carbonyl (C=O) groups excluding carboxylic acids is 1. The van der Waals surface area contributed by atoms with Crippen molar-refractivity contribution < 1.29 is 14.7 Å². The van der Waals surface area contributed by atoms with Crippen LogP contribution in [0.25, 0.3) is 0 Å². The summed E-state index contributed by atoms with van der Waals surface area (Å²) in [5, 5.41) is 9.15. The minimum atomic E-state index is -1.27. The Hall–Kier alpha value is -1.30. The zero-order valence-electron chi connectivity index (χ0n) is 7.43. The van der Waals surface area contributed by atoms with Crippen molar-refractivity contribution in [3.63, 3.8) is 0 Å². The van der Waals surface area contributed by atoms with E-state index in [4.69, 9.17) is 10.9 Å². The fraction of sp³-hybridized carbons (Fsp3) is 0.714. The number of likely N-dealkylation sites (N-methyl/N-ethyl adjacent to an activating group) is 1. The van der Waals surface area contributed by atoms with Crippen molar-refractivity contribution in [3.05, 3.63) is 0 Å². The molecule has 0 radical (unpaired) electrons. The Labute approximate surface area is 75.9 Å². The van der Waals surface area contributed by atoms with Gasteiger partial charge in [-0.1, -0.05) is 0 Å². The molecule has 0 saturated carbocycles. The fourth-order valence-corrected chi connectivity index (χ4v) is 1.40. The van der Waals surface area contributed by atoms with Gasteiger partial charge in [-0.25, -0.2) is 15.6 Å². The van der Waals surface area contributed by atoms with E-state index in [9.17, 15) is 9.59 Å². The maximum atomic E-state index is 11.4. The van der Waals surface area contributed by atoms with Crippen LogP contribution in [0.15, 0.2) is 0 Å². The maximum Gasteiger partial charge on any atom is 0.422 e. The van der Waals surface area contributed by atoms with Crippen LogP contribution in [0.4, 0.5) is 4.79 Å². The summed E-state index contributed by atoms with van der Waals surface area (Å²) in [6, 6.07) is -0.712. The van der Waals surface area contributed by atoms with Crippen LogP contribution in [-0.4, -0.2) is 46.7 Å². The largest absolute Gasteiger partial charge is 0.464 e. The van der Waals surface area contributed by atoms with Crippen LogP contribution in [0.1, 0.15) is 12.8 Å². The van der Waals surface area contributed by atoms with E-state index in [0.29, 0.717) is 18.0 Å². The molecule has 74 valence electrons. The molecule has 3 N–H and O–H groups in total. The summed E-state index contributed by atoms with van der Waals surface area (Å²) in [5.74, 6) is 5.00. The SMILES string of the molecule is CN1CCC[C@@H](N(N)C(=O)O)C1=O. The zero-order chi connectivity index (χ0) is 10.0. The second-order valence-corrected chi connectivity index (χ2v) is 3.11. The molecule has 13 heavy (non-hydrogen) atoms. The summed E-state index contributed by atoms with van der Waals surface area (Å²) in [5.41, 5.74) is 0. The van der Waals surface area contributed by atoms with Gasteiger partial charge in [0.25, 0.3) is 0 Å². The predicted octanol–water partition coefficient (Wildman–Crippen LogP) is -0.539. The molecule has 0 aliphatic carbocycles. The highest BCUT2D eigenvalue weighted by Crippen LogP contribution is 2.13. The Bertz CT molecular complexity index is 231. The number of nitrogens with two attached hydrogens (primary N) is 1. The average molecular weight is 187 g/mol. The fourth-order valence-electron chi connectivity index (χ4n) is 1.40. The number of carboxylic acid groups (broad SMARTS) is 1. The summed E-state index contributed by atoms with van der Waals surface area (Å²) in [6.45, 7) is 0.669. The molecule has 0 aromatic rings. The number of amides is 2. The summed E-state index contributed by atoms with van der Waals surface area (Å²) >= 11 is 0. The van der Waals surface area contributed by atoms with Gasteiger partial charge in [0.05, 0.1) is 0 Å². The van der Waals surface area contributed by atoms with Crippen molar-refractivity contribution in [1.82, 2.24) is 9.91 Å². The first-order valence-electron chi connectivity index (χ1n) is 4.06. The highest BCUT2D eigenvalue weighted by Gasteiger charge is 2.32. The average Bonchev–Trinajstić information content (AvgIpc) is 2.08. The molecule has 0 spiro atoms. The maximum absolute atomic E-state index is 11.4. The summed E-state index contributed by atoms with van der Waals surface area (Å²) in [4.78, 5) is 23.4. The van der Waals surface area contributed by atoms with E-state index in [0.717, 1.165) is 6.42 Å². The first kappa shape index (κ1) is 9.79. The molecular weight excluding hydrogens is 174 g/mol. The van der Waals surface area contributed by atoms with Crippen molar-refractivity contribution >= 4 is 12.0 Å². The van der Waals surface area contributed by atoms with Crippen molar-refractivity contribution in [3.8, 4) is 0 Å². The first-order chi connectivity index (χ1) is 6.04. The number of hydrogen-bond acceptors (Lipinski definition) is 3. The lowest BCUT2D eigenvalue weighted by molar-refractivity contribution is -0.137. The Balaban J connectivity index is 2.68. The lowest BCUT2D eigenvalue weighted by Gasteiger charge is -2.32.